The quantitative estimate of drug-likeness (QED) is 0.655. The van der Waals surface area contributed by atoms with E-state index < -0.39 is 0 Å². The molecule has 3 aliphatic heterocycles. The Morgan fingerprint density at radius 2 is 1.87 bits per heavy atom. The lowest BCUT2D eigenvalue weighted by atomic mass is 10.1. The largest absolute Gasteiger partial charge is 0.352 e. The Morgan fingerprint density at radius 1 is 1.10 bits per heavy atom. The molecule has 150 valence electrons. The molecule has 0 aliphatic carbocycles. The molecule has 30 heavy (non-hydrogen) atoms. The van der Waals surface area contributed by atoms with Crippen LogP contribution in [-0.2, 0) is 17.8 Å². The van der Waals surface area contributed by atoms with E-state index >= 15 is 0 Å². The van der Waals surface area contributed by atoms with E-state index in [1.54, 1.807) is 9.47 Å². The van der Waals surface area contributed by atoms with Crippen molar-refractivity contribution in [1.29, 1.82) is 0 Å². The summed E-state index contributed by atoms with van der Waals surface area (Å²) in [4.78, 5) is 34.8. The van der Waals surface area contributed by atoms with Crippen molar-refractivity contribution in [3.63, 3.8) is 0 Å². The van der Waals surface area contributed by atoms with Crippen LogP contribution < -0.4 is 15.5 Å². The van der Waals surface area contributed by atoms with E-state index in [0.717, 1.165) is 34.8 Å². The number of benzene rings is 2. The van der Waals surface area contributed by atoms with Crippen LogP contribution in [0.4, 0.5) is 11.6 Å². The highest BCUT2D eigenvalue weighted by Gasteiger charge is 2.36. The Kier molecular flexibility index (Phi) is 3.53. The normalized spacial score (nSPS) is 18.6. The highest BCUT2D eigenvalue weighted by Crippen LogP contribution is 2.32. The molecule has 8 heteroatoms. The van der Waals surface area contributed by atoms with E-state index in [9.17, 15) is 9.59 Å². The number of hydrogen-bond acceptors (Lipinski definition) is 5. The molecule has 1 unspecified atom stereocenters. The predicted molar refractivity (Wildman–Crippen MR) is 114 cm³/mol. The molecule has 0 radical (unpaired) electrons. The van der Waals surface area contributed by atoms with Gasteiger partial charge in [0.2, 0.25) is 11.9 Å². The van der Waals surface area contributed by atoms with Gasteiger partial charge in [-0.15, -0.1) is 5.10 Å². The molecule has 0 saturated heterocycles. The Morgan fingerprint density at radius 3 is 2.73 bits per heavy atom. The van der Waals surface area contributed by atoms with E-state index in [-0.39, 0.29) is 24.2 Å². The van der Waals surface area contributed by atoms with Gasteiger partial charge in [0.15, 0.2) is 0 Å². The molecule has 6 rings (SSSR count). The van der Waals surface area contributed by atoms with Crippen LogP contribution in [0.25, 0.3) is 5.69 Å². The molecule has 0 spiro atoms. The van der Waals surface area contributed by atoms with Gasteiger partial charge < -0.3 is 4.90 Å². The van der Waals surface area contributed by atoms with Gasteiger partial charge >= 0.3 is 5.69 Å². The van der Waals surface area contributed by atoms with Crippen molar-refractivity contribution in [2.45, 2.75) is 25.9 Å². The van der Waals surface area contributed by atoms with Crippen LogP contribution in [0.3, 0.4) is 0 Å². The number of carbonyl (C=O) groups is 1. The van der Waals surface area contributed by atoms with E-state index in [2.05, 4.69) is 10.1 Å². The van der Waals surface area contributed by atoms with Gasteiger partial charge in [-0.25, -0.2) is 14.0 Å². The molecule has 3 aliphatic rings. The molecule has 3 aromatic rings. The third kappa shape index (κ3) is 2.27. The van der Waals surface area contributed by atoms with E-state index in [1.165, 1.54) is 4.68 Å². The highest BCUT2D eigenvalue weighted by molar-refractivity contribution is 6.14. The lowest BCUT2D eigenvalue weighted by Gasteiger charge is -2.26. The SMILES string of the molecule is CC1Cc2ccccc2N1C(=O)Cn1nc2n(c1=O)-c1ccccc1C1=NCCN12. The average molecular weight is 400 g/mol. The summed E-state index contributed by atoms with van der Waals surface area (Å²) in [7, 11) is 0. The number of para-hydroxylation sites is 2. The number of aromatic nitrogens is 3. The zero-order chi connectivity index (χ0) is 20.4. The van der Waals surface area contributed by atoms with Crippen LogP contribution >= 0.6 is 0 Å². The fraction of sp³-hybridized carbons (Fsp3) is 0.273. The first-order valence-electron chi connectivity index (χ1n) is 10.1. The predicted octanol–water partition coefficient (Wildman–Crippen LogP) is 1.59. The molecule has 1 atom stereocenters. The average Bonchev–Trinajstić information content (AvgIpc) is 3.44. The molecular weight excluding hydrogens is 380 g/mol. The van der Waals surface area contributed by atoms with Gasteiger partial charge in [0.05, 0.1) is 12.2 Å². The van der Waals surface area contributed by atoms with Crippen LogP contribution in [0.15, 0.2) is 58.3 Å². The lowest BCUT2D eigenvalue weighted by molar-refractivity contribution is -0.119. The van der Waals surface area contributed by atoms with Crippen LogP contribution in [0.2, 0.25) is 0 Å². The van der Waals surface area contributed by atoms with Crippen molar-refractivity contribution in [3.8, 4) is 5.69 Å². The van der Waals surface area contributed by atoms with E-state index in [0.29, 0.717) is 19.0 Å². The van der Waals surface area contributed by atoms with Crippen LogP contribution in [0.5, 0.6) is 0 Å². The number of aliphatic imine (C=N–C) groups is 1. The first kappa shape index (κ1) is 17.2. The maximum atomic E-state index is 13.3. The number of amides is 1. The lowest BCUT2D eigenvalue weighted by Crippen LogP contribution is -2.40. The Labute approximate surface area is 172 Å². The zero-order valence-electron chi connectivity index (χ0n) is 16.5. The van der Waals surface area contributed by atoms with Crippen molar-refractivity contribution < 1.29 is 4.79 Å². The van der Waals surface area contributed by atoms with Gasteiger partial charge in [-0.1, -0.05) is 30.3 Å². The highest BCUT2D eigenvalue weighted by atomic mass is 16.2. The molecule has 0 bridgehead atoms. The third-order valence-electron chi connectivity index (χ3n) is 6.05. The fourth-order valence-corrected chi connectivity index (χ4v) is 4.76. The summed E-state index contributed by atoms with van der Waals surface area (Å²) in [6.07, 6.45) is 0.817. The van der Waals surface area contributed by atoms with Gasteiger partial charge in [-0.05, 0) is 37.1 Å². The van der Waals surface area contributed by atoms with Gasteiger partial charge in [0.25, 0.3) is 0 Å². The molecule has 0 fully saturated rings. The Hall–Kier alpha value is -3.68. The number of rotatable bonds is 2. The summed E-state index contributed by atoms with van der Waals surface area (Å²) in [6, 6.07) is 15.7. The van der Waals surface area contributed by atoms with Gasteiger partial charge in [-0.2, -0.15) is 0 Å². The third-order valence-corrected chi connectivity index (χ3v) is 6.05. The number of hydrogen-bond donors (Lipinski definition) is 0. The summed E-state index contributed by atoms with van der Waals surface area (Å²) in [5.41, 5.74) is 3.44. The summed E-state index contributed by atoms with van der Waals surface area (Å²) < 4.78 is 2.87. The molecule has 4 heterocycles. The van der Waals surface area contributed by atoms with E-state index in [4.69, 9.17) is 0 Å². The van der Waals surface area contributed by atoms with Gasteiger partial charge in [0.1, 0.15) is 12.4 Å². The molecule has 1 amide bonds. The number of carbonyl (C=O) groups excluding carboxylic acids is 1. The first-order valence-corrected chi connectivity index (χ1v) is 10.1. The second kappa shape index (κ2) is 6.16. The number of anilines is 2. The topological polar surface area (TPSA) is 75.7 Å². The summed E-state index contributed by atoms with van der Waals surface area (Å²) in [6.45, 7) is 3.26. The van der Waals surface area contributed by atoms with Crippen molar-refractivity contribution >= 4 is 23.4 Å². The maximum Gasteiger partial charge on any atom is 0.352 e. The van der Waals surface area contributed by atoms with Crippen LogP contribution in [-0.4, -0.2) is 45.2 Å². The Balaban J connectivity index is 1.41. The first-order chi connectivity index (χ1) is 14.6. The van der Waals surface area contributed by atoms with Crippen LogP contribution in [0, 0.1) is 0 Å². The van der Waals surface area contributed by atoms with Crippen molar-refractivity contribution in [1.82, 2.24) is 14.3 Å². The van der Waals surface area contributed by atoms with E-state index in [1.807, 2.05) is 60.4 Å². The molecule has 8 nitrogen and oxygen atoms in total. The van der Waals surface area contributed by atoms with Crippen molar-refractivity contribution in [3.05, 3.63) is 70.1 Å². The van der Waals surface area contributed by atoms with Crippen molar-refractivity contribution in [2.75, 3.05) is 22.9 Å². The summed E-state index contributed by atoms with van der Waals surface area (Å²) in [5, 5.41) is 4.55. The van der Waals surface area contributed by atoms with Crippen LogP contribution in [0.1, 0.15) is 18.1 Å². The second-order valence-electron chi connectivity index (χ2n) is 7.90. The summed E-state index contributed by atoms with van der Waals surface area (Å²) in [5.74, 6) is 1.23. The second-order valence-corrected chi connectivity index (χ2v) is 7.90. The Bertz CT molecular complexity index is 1290. The minimum atomic E-state index is -0.308. The minimum Gasteiger partial charge on any atom is -0.307 e. The monoisotopic (exact) mass is 400 g/mol. The number of nitrogens with zero attached hydrogens (tertiary/aromatic N) is 6. The maximum absolute atomic E-state index is 13.3. The zero-order valence-corrected chi connectivity index (χ0v) is 16.5. The number of fused-ring (bicyclic) bond motifs is 7. The fourth-order valence-electron chi connectivity index (χ4n) is 4.76. The molecule has 0 saturated carbocycles. The van der Waals surface area contributed by atoms with Gasteiger partial charge in [-0.3, -0.25) is 14.7 Å². The molecule has 1 aromatic heterocycles. The minimum absolute atomic E-state index is 0.0564. The molecule has 0 N–H and O–H groups in total. The molecule has 2 aromatic carbocycles. The van der Waals surface area contributed by atoms with Crippen molar-refractivity contribution in [2.24, 2.45) is 4.99 Å². The smallest absolute Gasteiger partial charge is 0.307 e. The molecular formula is C22H20N6O2. The number of amidine groups is 1. The summed E-state index contributed by atoms with van der Waals surface area (Å²) >= 11 is 0. The standard InChI is InChI=1S/C22H20N6O2/c1-14-12-15-6-2-4-8-17(15)27(14)19(29)13-26-22(30)28-18-9-5-3-7-16(18)20-23-10-11-25(20)21(28)24-26/h2-9,14H,10-13H2,1H3. The van der Waals surface area contributed by atoms with Gasteiger partial charge in [0, 0.05) is 23.8 Å².